The highest BCUT2D eigenvalue weighted by Gasteiger charge is 2.31. The van der Waals surface area contributed by atoms with E-state index in [0.29, 0.717) is 12.3 Å². The van der Waals surface area contributed by atoms with Gasteiger partial charge in [0.15, 0.2) is 11.7 Å². The van der Waals surface area contributed by atoms with Gasteiger partial charge in [0.05, 0.1) is 6.21 Å². The molecule has 0 bridgehead atoms. The Bertz CT molecular complexity index is 705. The van der Waals surface area contributed by atoms with Gasteiger partial charge in [0.1, 0.15) is 0 Å². The van der Waals surface area contributed by atoms with E-state index in [9.17, 15) is 15.0 Å². The fraction of sp³-hybridized carbons (Fsp3) is 0.312. The molecule has 1 aromatic carbocycles. The van der Waals surface area contributed by atoms with E-state index in [-0.39, 0.29) is 11.6 Å². The highest BCUT2D eigenvalue weighted by atomic mass is 32.1. The number of carboxylic acids is 1. The van der Waals surface area contributed by atoms with Crippen molar-refractivity contribution < 1.29 is 19.4 Å². The first-order valence-corrected chi connectivity index (χ1v) is 7.43. The Kier molecular flexibility index (Phi) is 5.10. The zero-order valence-electron chi connectivity index (χ0n) is 12.8. The number of rotatable bonds is 6. The van der Waals surface area contributed by atoms with Crippen LogP contribution in [0.15, 0.2) is 39.7 Å². The summed E-state index contributed by atoms with van der Waals surface area (Å²) in [4.78, 5) is 19.3. The zero-order valence-corrected chi connectivity index (χ0v) is 13.7. The molecule has 7 heteroatoms. The van der Waals surface area contributed by atoms with Crippen LogP contribution in [-0.2, 0) is 11.2 Å². The predicted molar refractivity (Wildman–Crippen MR) is 89.5 cm³/mol. The normalized spacial score (nSPS) is 13.3. The van der Waals surface area contributed by atoms with Crippen LogP contribution in [-0.4, -0.2) is 38.2 Å². The van der Waals surface area contributed by atoms with E-state index in [4.69, 9.17) is 4.42 Å². The van der Waals surface area contributed by atoms with Crippen molar-refractivity contribution in [2.24, 2.45) is 4.99 Å². The number of benzene rings is 1. The van der Waals surface area contributed by atoms with Gasteiger partial charge in [-0.25, -0.2) is 9.78 Å². The summed E-state index contributed by atoms with van der Waals surface area (Å²) in [6, 6.07) is 8.46. The van der Waals surface area contributed by atoms with E-state index in [1.165, 1.54) is 6.21 Å². The van der Waals surface area contributed by atoms with Crippen molar-refractivity contribution in [3.05, 3.63) is 47.5 Å². The van der Waals surface area contributed by atoms with Gasteiger partial charge in [0, 0.05) is 11.2 Å². The molecule has 0 saturated heterocycles. The quantitative estimate of drug-likeness (QED) is 0.557. The Balaban J connectivity index is 2.18. The predicted octanol–water partition coefficient (Wildman–Crippen LogP) is 2.55. The van der Waals surface area contributed by atoms with E-state index in [2.05, 4.69) is 22.6 Å². The van der Waals surface area contributed by atoms with Crippen LogP contribution < -0.4 is 0 Å². The second kappa shape index (κ2) is 6.87. The largest absolute Gasteiger partial charge is 0.480 e. The van der Waals surface area contributed by atoms with Gasteiger partial charge in [-0.15, -0.1) is 0 Å². The lowest BCUT2D eigenvalue weighted by atomic mass is 10.0. The summed E-state index contributed by atoms with van der Waals surface area (Å²) in [6.45, 7) is 3.30. The maximum Gasteiger partial charge on any atom is 0.329 e. The lowest BCUT2D eigenvalue weighted by Gasteiger charge is -2.21. The maximum atomic E-state index is 11.2. The summed E-state index contributed by atoms with van der Waals surface area (Å²) < 4.78 is 4.33. The summed E-state index contributed by atoms with van der Waals surface area (Å²) in [5, 5.41) is 19.0. The van der Waals surface area contributed by atoms with Crippen LogP contribution in [0.1, 0.15) is 31.0 Å². The minimum absolute atomic E-state index is 0.0970. The van der Waals surface area contributed by atoms with Crippen molar-refractivity contribution in [3.8, 4) is 5.95 Å². The second-order valence-electron chi connectivity index (χ2n) is 5.63. The molecule has 2 aromatic rings. The van der Waals surface area contributed by atoms with Crippen molar-refractivity contribution in [1.29, 1.82) is 0 Å². The number of hydrogen-bond donors (Lipinski definition) is 3. The van der Waals surface area contributed by atoms with Gasteiger partial charge >= 0.3 is 11.9 Å². The number of oxazole rings is 1. The van der Waals surface area contributed by atoms with E-state index in [1.807, 2.05) is 30.3 Å². The Morgan fingerprint density at radius 1 is 1.43 bits per heavy atom. The van der Waals surface area contributed by atoms with Crippen molar-refractivity contribution in [3.63, 3.8) is 0 Å². The Hall–Kier alpha value is -2.28. The first-order valence-electron chi connectivity index (χ1n) is 6.98. The number of aliphatic carboxylic acids is 1. The third kappa shape index (κ3) is 4.59. The fourth-order valence-electron chi connectivity index (χ4n) is 1.99. The smallest absolute Gasteiger partial charge is 0.329 e. The molecule has 2 rings (SSSR count). The van der Waals surface area contributed by atoms with Crippen molar-refractivity contribution in [2.45, 2.75) is 31.1 Å². The second-order valence-corrected chi connectivity index (χ2v) is 6.79. The molecule has 1 heterocycles. The van der Waals surface area contributed by atoms with E-state index < -0.39 is 16.8 Å². The van der Waals surface area contributed by atoms with E-state index in [0.717, 1.165) is 5.56 Å². The monoisotopic (exact) mass is 334 g/mol. The summed E-state index contributed by atoms with van der Waals surface area (Å²) in [5.41, 5.74) is 1.08. The molecule has 0 saturated carbocycles. The number of hydrogen-bond acceptors (Lipinski definition) is 6. The average Bonchev–Trinajstić information content (AvgIpc) is 2.78. The van der Waals surface area contributed by atoms with Gasteiger partial charge in [0.25, 0.3) is 0 Å². The Labute approximate surface area is 139 Å². The molecule has 0 spiro atoms. The van der Waals surface area contributed by atoms with Crippen LogP contribution in [0.5, 0.6) is 5.95 Å². The molecule has 6 nitrogen and oxygen atoms in total. The minimum atomic E-state index is -1.10. The fourth-order valence-corrected chi connectivity index (χ4v) is 2.17. The topological polar surface area (TPSA) is 95.9 Å². The van der Waals surface area contributed by atoms with Crippen LogP contribution >= 0.6 is 12.6 Å². The lowest BCUT2D eigenvalue weighted by molar-refractivity contribution is -0.138. The van der Waals surface area contributed by atoms with Gasteiger partial charge in [-0.3, -0.25) is 4.99 Å². The van der Waals surface area contributed by atoms with Crippen LogP contribution in [0.3, 0.4) is 0 Å². The molecular formula is C16H18N2O4S. The van der Waals surface area contributed by atoms with Crippen LogP contribution in [0, 0.1) is 0 Å². The number of nitrogens with zero attached hydrogens (tertiary/aromatic N) is 2. The number of thiol groups is 1. The highest BCUT2D eigenvalue weighted by molar-refractivity contribution is 7.81. The van der Waals surface area contributed by atoms with Crippen molar-refractivity contribution >= 4 is 24.8 Å². The number of carboxylic acid groups (broad SMARTS) is 1. The molecule has 0 aliphatic heterocycles. The number of aromatic hydroxyl groups is 1. The van der Waals surface area contributed by atoms with Crippen LogP contribution in [0.25, 0.3) is 0 Å². The molecular weight excluding hydrogens is 316 g/mol. The summed E-state index contributed by atoms with van der Waals surface area (Å²) in [5.74, 6) is -1.17. The minimum Gasteiger partial charge on any atom is -0.480 e. The van der Waals surface area contributed by atoms with Crippen molar-refractivity contribution in [1.82, 2.24) is 4.98 Å². The number of carbonyl (C=O) groups is 1. The van der Waals surface area contributed by atoms with E-state index in [1.54, 1.807) is 13.8 Å². The average molecular weight is 334 g/mol. The molecule has 0 aliphatic carbocycles. The summed E-state index contributed by atoms with van der Waals surface area (Å²) in [6.07, 6.45) is 1.62. The third-order valence-electron chi connectivity index (χ3n) is 3.13. The molecule has 1 aromatic heterocycles. The van der Waals surface area contributed by atoms with Gasteiger partial charge in [0.2, 0.25) is 5.89 Å². The first-order chi connectivity index (χ1) is 10.8. The van der Waals surface area contributed by atoms with Gasteiger partial charge in [-0.2, -0.15) is 12.6 Å². The van der Waals surface area contributed by atoms with Crippen LogP contribution in [0.2, 0.25) is 0 Å². The van der Waals surface area contributed by atoms with Gasteiger partial charge in [-0.05, 0) is 19.4 Å². The van der Waals surface area contributed by atoms with Gasteiger partial charge in [-0.1, -0.05) is 30.3 Å². The molecule has 1 unspecified atom stereocenters. The molecule has 2 N–H and O–H groups in total. The number of aromatic nitrogens is 1. The van der Waals surface area contributed by atoms with Crippen LogP contribution in [0.4, 0.5) is 0 Å². The Morgan fingerprint density at radius 3 is 2.65 bits per heavy atom. The molecule has 122 valence electrons. The molecule has 0 amide bonds. The SMILES string of the molecule is CC(C)(S)C(N=Cc1nc(Cc2ccccc2)oc1O)C(=O)O. The zero-order chi connectivity index (χ0) is 17.0. The third-order valence-corrected chi connectivity index (χ3v) is 3.37. The van der Waals surface area contributed by atoms with Crippen molar-refractivity contribution in [2.75, 3.05) is 0 Å². The summed E-state index contributed by atoms with van der Waals surface area (Å²) >= 11 is 4.23. The first kappa shape index (κ1) is 17.1. The molecule has 1 atom stereocenters. The highest BCUT2D eigenvalue weighted by Crippen LogP contribution is 2.23. The molecule has 23 heavy (non-hydrogen) atoms. The van der Waals surface area contributed by atoms with E-state index >= 15 is 0 Å². The molecule has 0 aliphatic rings. The molecule has 0 radical (unpaired) electrons. The maximum absolute atomic E-state index is 11.2. The van der Waals surface area contributed by atoms with Gasteiger partial charge < -0.3 is 14.6 Å². The standard InChI is InChI=1S/C16H18N2O4S/c1-16(2,23)13(14(19)20)17-9-11-15(21)22-12(18-11)8-10-6-4-3-5-7-10/h3-7,9,13,21,23H,8H2,1-2H3,(H,19,20). The number of aliphatic imine (C=N–C) groups is 1. The lowest BCUT2D eigenvalue weighted by Crippen LogP contribution is -2.36. The summed E-state index contributed by atoms with van der Waals surface area (Å²) in [7, 11) is 0. The molecule has 0 fully saturated rings. The Morgan fingerprint density at radius 2 is 2.09 bits per heavy atom.